The maximum atomic E-state index is 9.96. The molecule has 0 aliphatic heterocycles. The second-order valence-electron chi connectivity index (χ2n) is 3.63. The van der Waals surface area contributed by atoms with Crippen LogP contribution in [-0.4, -0.2) is 49.4 Å². The third kappa shape index (κ3) is 45.2. The van der Waals surface area contributed by atoms with E-state index in [0.717, 1.165) is 27.6 Å². The Balaban J connectivity index is -0.000000146. The van der Waals surface area contributed by atoms with E-state index in [1.165, 1.54) is 12.5 Å². The van der Waals surface area contributed by atoms with Crippen molar-refractivity contribution in [2.45, 2.75) is 5.03 Å². The summed E-state index contributed by atoms with van der Waals surface area (Å²) in [4.78, 5) is 6.96. The monoisotopic (exact) mass is 1110 g/mol. The molecule has 30 heavy (non-hydrogen) atoms. The van der Waals surface area contributed by atoms with Crippen molar-refractivity contribution in [3.63, 3.8) is 0 Å². The first-order valence-electron chi connectivity index (χ1n) is 6.97. The SMILES string of the molecule is CO.CSS(C)(=O)=O.CSSc1ccccn1.I[I-]I.S=c1cccc[nH]1.[I][V][I]. The summed E-state index contributed by atoms with van der Waals surface area (Å²) >= 11 is 14.8. The van der Waals surface area contributed by atoms with Crippen molar-refractivity contribution in [3.8, 4) is 0 Å². The van der Waals surface area contributed by atoms with Gasteiger partial charge < -0.3 is 10.1 Å². The number of H-pyrrole nitrogens is 1. The first-order chi connectivity index (χ1) is 14.2. The van der Waals surface area contributed by atoms with Crippen molar-refractivity contribution in [1.29, 1.82) is 0 Å². The molecule has 0 aliphatic carbocycles. The zero-order chi connectivity index (χ0) is 24.3. The second kappa shape index (κ2) is 34.9. The first kappa shape index (κ1) is 40.9. The van der Waals surface area contributed by atoms with Gasteiger partial charge in [0.25, 0.3) is 0 Å². The third-order valence-electron chi connectivity index (χ3n) is 1.79. The van der Waals surface area contributed by atoms with Gasteiger partial charge in [0, 0.05) is 25.8 Å². The van der Waals surface area contributed by atoms with Crippen LogP contribution < -0.4 is 13.3 Å². The van der Waals surface area contributed by atoms with E-state index in [0.29, 0.717) is 22.7 Å². The van der Waals surface area contributed by atoms with E-state index in [4.69, 9.17) is 17.3 Å². The molecule has 0 fully saturated rings. The normalized spacial score (nSPS) is 8.57. The van der Waals surface area contributed by atoms with Gasteiger partial charge in [-0.1, -0.05) is 35.1 Å². The molecule has 0 saturated heterocycles. The third-order valence-corrected chi connectivity index (χ3v) is 6.06. The van der Waals surface area contributed by atoms with Crippen LogP contribution >= 0.6 is 122 Å². The molecular weight excluding hydrogens is 1090 g/mol. The Kier molecular flexibility index (Phi) is 47.5. The van der Waals surface area contributed by atoms with Gasteiger partial charge in [0.1, 0.15) is 9.67 Å². The van der Waals surface area contributed by atoms with Crippen LogP contribution in [0.4, 0.5) is 0 Å². The average molecular weight is 1110 g/mol. The zero-order valence-corrected chi connectivity index (χ0v) is 32.5. The Morgan fingerprint density at radius 3 is 1.83 bits per heavy atom. The van der Waals surface area contributed by atoms with Gasteiger partial charge in [-0.05, 0) is 58.4 Å². The number of aliphatic hydroxyl groups excluding tert-OH is 1. The molecule has 5 nitrogen and oxygen atoms in total. The second-order valence-corrected chi connectivity index (χ2v) is 39.1. The van der Waals surface area contributed by atoms with Gasteiger partial charge in [0.15, 0.2) is 8.87 Å². The molecule has 0 aliphatic rings. The van der Waals surface area contributed by atoms with E-state index in [1.54, 1.807) is 27.8 Å². The quantitative estimate of drug-likeness (QED) is 0.262. The summed E-state index contributed by atoms with van der Waals surface area (Å²) < 4.78 is 20.7. The maximum absolute atomic E-state index is 9.96. The summed E-state index contributed by atoms with van der Waals surface area (Å²) in [5, 5.41) is 8.07. The molecule has 0 atom stereocenters. The number of halogens is 5. The van der Waals surface area contributed by atoms with Crippen molar-refractivity contribution in [3.05, 3.63) is 53.4 Å². The molecule has 0 radical (unpaired) electrons. The fraction of sp³-hybridized carbons (Fsp3) is 0.286. The standard InChI is InChI=1S/C6H7NS2.C5H5NS.C2H6O2S2.CH4O.I3.2HI.V/c1-8-9-6-4-2-3-5-7-6;7-5-3-1-2-4-6-5;1-5-6(2,3)4;1-2;1-3-2;;;/h2-5H,1H3;1-4H,(H,6,7);1-2H3;2H,1H3;;2*1H;/q;;;;-1;;;+2/p-2. The summed E-state index contributed by atoms with van der Waals surface area (Å²) in [6, 6.07) is 11.6. The van der Waals surface area contributed by atoms with Gasteiger partial charge in [-0.2, -0.15) is 0 Å². The minimum absolute atomic E-state index is 0.530. The van der Waals surface area contributed by atoms with Crippen molar-refractivity contribution in [2.75, 3.05) is 25.9 Å². The molecule has 2 rings (SSSR count). The molecule has 0 unspecified atom stereocenters. The summed E-state index contributed by atoms with van der Waals surface area (Å²) in [6.45, 7) is 0. The number of hydrogen-bond acceptors (Lipinski definition) is 8. The molecule has 2 aromatic heterocycles. The molecule has 177 valence electrons. The van der Waals surface area contributed by atoms with Crippen molar-refractivity contribution in [1.82, 2.24) is 9.97 Å². The molecule has 2 aromatic rings. The van der Waals surface area contributed by atoms with E-state index in [9.17, 15) is 8.42 Å². The van der Waals surface area contributed by atoms with E-state index in [-0.39, 0.29) is 0 Å². The molecule has 2 N–H and O–H groups in total. The number of hydrogen-bond donors (Lipinski definition) is 2. The fourth-order valence-corrected chi connectivity index (χ4v) is 2.22. The fourth-order valence-electron chi connectivity index (χ4n) is 0.859. The van der Waals surface area contributed by atoms with E-state index in [1.807, 2.05) is 48.9 Å². The summed E-state index contributed by atoms with van der Waals surface area (Å²) in [5.74, 6) is 0. The summed E-state index contributed by atoms with van der Waals surface area (Å²) in [6.07, 6.45) is 8.37. The number of aromatic amines is 1. The van der Waals surface area contributed by atoms with E-state index in [2.05, 4.69) is 87.2 Å². The van der Waals surface area contributed by atoms with Crippen LogP contribution in [0.3, 0.4) is 0 Å². The van der Waals surface area contributed by atoms with Crippen LogP contribution in [0, 0.1) is 4.64 Å². The van der Waals surface area contributed by atoms with Crippen molar-refractivity contribution in [2.24, 2.45) is 0 Å². The van der Waals surface area contributed by atoms with Crippen LogP contribution in [0.5, 0.6) is 0 Å². The molecule has 0 saturated carbocycles. The van der Waals surface area contributed by atoms with Crippen LogP contribution in [0.15, 0.2) is 53.8 Å². The Bertz CT molecular complexity index is 699. The van der Waals surface area contributed by atoms with Gasteiger partial charge in [-0.25, -0.2) is 13.4 Å². The molecule has 2 heterocycles. The topological polar surface area (TPSA) is 83.0 Å². The first-order valence-corrected chi connectivity index (χ1v) is 35.2. The van der Waals surface area contributed by atoms with Crippen LogP contribution in [0.25, 0.3) is 0 Å². The molecule has 0 aromatic carbocycles. The van der Waals surface area contributed by atoms with Crippen LogP contribution in [0.1, 0.15) is 0 Å². The van der Waals surface area contributed by atoms with Crippen LogP contribution in [0.2, 0.25) is 0 Å². The summed E-state index contributed by atoms with van der Waals surface area (Å²) in [5.41, 5.74) is 0. The predicted octanol–water partition coefficient (Wildman–Crippen LogP) is 4.66. The molecular formula is C14H22I5N2O3S5V-. The van der Waals surface area contributed by atoms with Gasteiger partial charge in [0.05, 0.1) is 0 Å². The van der Waals surface area contributed by atoms with Crippen molar-refractivity contribution >= 4 is 131 Å². The van der Waals surface area contributed by atoms with Gasteiger partial charge in [-0.15, -0.1) is 0 Å². The van der Waals surface area contributed by atoms with Gasteiger partial charge >= 0.3 is 99.9 Å². The molecule has 0 spiro atoms. The average Bonchev–Trinajstić information content (AvgIpc) is 2.73. The zero-order valence-electron chi connectivity index (χ0n) is 16.2. The Hall–Kier alpha value is 3.71. The number of rotatable bonds is 3. The molecule has 16 heteroatoms. The number of aliphatic hydroxyl groups is 1. The Morgan fingerprint density at radius 1 is 1.13 bits per heavy atom. The Labute approximate surface area is 256 Å². The van der Waals surface area contributed by atoms with Gasteiger partial charge in [0.2, 0.25) is 0 Å². The number of aromatic nitrogens is 2. The summed E-state index contributed by atoms with van der Waals surface area (Å²) in [7, 11) is 3.13. The molecule has 0 amide bonds. The van der Waals surface area contributed by atoms with Gasteiger partial charge in [-0.3, -0.25) is 0 Å². The van der Waals surface area contributed by atoms with E-state index >= 15 is 0 Å². The predicted molar refractivity (Wildman–Crippen MR) is 168 cm³/mol. The number of pyridine rings is 2. The molecule has 0 bridgehead atoms. The Morgan fingerprint density at radius 2 is 1.60 bits per heavy atom. The minimum atomic E-state index is -2.75. The van der Waals surface area contributed by atoms with Crippen molar-refractivity contribution < 1.29 is 36.2 Å². The van der Waals surface area contributed by atoms with Crippen LogP contribution in [-0.2, 0) is 18.3 Å². The number of nitrogens with one attached hydrogen (secondary N) is 1. The van der Waals surface area contributed by atoms with E-state index < -0.39 is 8.87 Å². The number of nitrogens with zero attached hydrogens (tertiary/aromatic N) is 1.